The minimum Gasteiger partial charge on any atom is -0.462 e. The van der Waals surface area contributed by atoms with E-state index in [1.54, 1.807) is 0 Å². The molecule has 0 rings (SSSR count). The first-order chi connectivity index (χ1) is 32.5. The van der Waals surface area contributed by atoms with Crippen molar-refractivity contribution < 1.29 is 28.6 Å². The van der Waals surface area contributed by atoms with E-state index in [0.29, 0.717) is 19.3 Å². The van der Waals surface area contributed by atoms with Crippen molar-refractivity contribution in [2.75, 3.05) is 13.2 Å². The van der Waals surface area contributed by atoms with Gasteiger partial charge in [-0.25, -0.2) is 0 Å². The lowest BCUT2D eigenvalue weighted by Crippen LogP contribution is -2.30. The van der Waals surface area contributed by atoms with Gasteiger partial charge in [0.05, 0.1) is 0 Å². The topological polar surface area (TPSA) is 78.9 Å². The second kappa shape index (κ2) is 55.2. The predicted octanol–water partition coefficient (Wildman–Crippen LogP) is 19.3. The lowest BCUT2D eigenvalue weighted by molar-refractivity contribution is -0.167. The van der Waals surface area contributed by atoms with E-state index in [0.717, 1.165) is 83.5 Å². The fourth-order valence-corrected chi connectivity index (χ4v) is 8.48. The van der Waals surface area contributed by atoms with Crippen LogP contribution in [0.2, 0.25) is 0 Å². The smallest absolute Gasteiger partial charge is 0.306 e. The Hall–Kier alpha value is -2.37. The van der Waals surface area contributed by atoms with Crippen LogP contribution >= 0.6 is 0 Å². The second-order valence-corrected chi connectivity index (χ2v) is 19.6. The molecule has 0 aromatic heterocycles. The Morgan fingerprint density at radius 1 is 0.303 bits per heavy atom. The fraction of sp³-hybridized carbons (Fsp3) is 0.850. The van der Waals surface area contributed by atoms with E-state index in [-0.39, 0.29) is 31.1 Å². The average molecular weight is 928 g/mol. The Balaban J connectivity index is 4.27. The van der Waals surface area contributed by atoms with Gasteiger partial charge < -0.3 is 14.2 Å². The SMILES string of the molecule is CCC/C=C\CCCCCCCC(=O)OCC(COC(=O)CCCCCCCCCCCCCCCCCCCCCC)OC(=O)CCCCCCCCC/C=C\C/C=C\CCCCCC. The molecule has 0 saturated heterocycles. The maximum atomic E-state index is 12.8. The second-order valence-electron chi connectivity index (χ2n) is 19.6. The van der Waals surface area contributed by atoms with Gasteiger partial charge in [-0.1, -0.05) is 256 Å². The Kier molecular flexibility index (Phi) is 53.2. The van der Waals surface area contributed by atoms with Crippen LogP contribution in [0.1, 0.15) is 310 Å². The zero-order valence-electron chi connectivity index (χ0n) is 44.2. The van der Waals surface area contributed by atoms with E-state index >= 15 is 0 Å². The summed E-state index contributed by atoms with van der Waals surface area (Å²) in [6.45, 7) is 6.59. The van der Waals surface area contributed by atoms with E-state index in [1.807, 2.05) is 0 Å². The van der Waals surface area contributed by atoms with E-state index in [2.05, 4.69) is 57.2 Å². The molecule has 0 amide bonds. The summed E-state index contributed by atoms with van der Waals surface area (Å²) in [5.41, 5.74) is 0. The molecular formula is C60H110O6. The molecule has 0 aliphatic rings. The molecule has 0 radical (unpaired) electrons. The summed E-state index contributed by atoms with van der Waals surface area (Å²) in [6, 6.07) is 0. The molecule has 0 saturated carbocycles. The van der Waals surface area contributed by atoms with Crippen LogP contribution in [-0.2, 0) is 28.6 Å². The molecule has 0 N–H and O–H groups in total. The van der Waals surface area contributed by atoms with Crippen LogP contribution in [0, 0.1) is 0 Å². The zero-order chi connectivity index (χ0) is 47.9. The number of hydrogen-bond donors (Lipinski definition) is 0. The summed E-state index contributed by atoms with van der Waals surface area (Å²) < 4.78 is 16.8. The number of carbonyl (C=O) groups is 3. The molecule has 0 fully saturated rings. The van der Waals surface area contributed by atoms with Gasteiger partial charge in [0.15, 0.2) is 6.10 Å². The summed E-state index contributed by atoms with van der Waals surface area (Å²) in [4.78, 5) is 38.1. The highest BCUT2D eigenvalue weighted by Crippen LogP contribution is 2.17. The highest BCUT2D eigenvalue weighted by molar-refractivity contribution is 5.71. The first-order valence-electron chi connectivity index (χ1n) is 29.0. The van der Waals surface area contributed by atoms with Gasteiger partial charge >= 0.3 is 17.9 Å². The Morgan fingerprint density at radius 3 is 0.924 bits per heavy atom. The number of allylic oxidation sites excluding steroid dienone is 6. The molecule has 386 valence electrons. The minimum atomic E-state index is -0.776. The molecule has 0 aliphatic heterocycles. The first kappa shape index (κ1) is 63.6. The van der Waals surface area contributed by atoms with Crippen LogP contribution in [0.5, 0.6) is 0 Å². The fourth-order valence-electron chi connectivity index (χ4n) is 8.48. The van der Waals surface area contributed by atoms with Crippen LogP contribution in [0.25, 0.3) is 0 Å². The Bertz CT molecular complexity index is 1110. The maximum absolute atomic E-state index is 12.8. The van der Waals surface area contributed by atoms with Crippen molar-refractivity contribution in [1.29, 1.82) is 0 Å². The summed E-state index contributed by atoms with van der Waals surface area (Å²) in [5, 5.41) is 0. The third-order valence-electron chi connectivity index (χ3n) is 12.8. The number of rotatable bonds is 53. The lowest BCUT2D eigenvalue weighted by atomic mass is 10.0. The molecule has 0 heterocycles. The van der Waals surface area contributed by atoms with Gasteiger partial charge in [0.2, 0.25) is 0 Å². The van der Waals surface area contributed by atoms with Gasteiger partial charge in [0.25, 0.3) is 0 Å². The summed E-state index contributed by atoms with van der Waals surface area (Å²) in [7, 11) is 0. The molecule has 0 spiro atoms. The quantitative estimate of drug-likeness (QED) is 0.0262. The third-order valence-corrected chi connectivity index (χ3v) is 12.8. The van der Waals surface area contributed by atoms with Gasteiger partial charge in [-0.2, -0.15) is 0 Å². The zero-order valence-corrected chi connectivity index (χ0v) is 44.2. The molecule has 0 aromatic carbocycles. The lowest BCUT2D eigenvalue weighted by Gasteiger charge is -2.18. The number of esters is 3. The highest BCUT2D eigenvalue weighted by atomic mass is 16.6. The van der Waals surface area contributed by atoms with Gasteiger partial charge in [-0.15, -0.1) is 0 Å². The van der Waals surface area contributed by atoms with Crippen molar-refractivity contribution in [2.45, 2.75) is 316 Å². The molecule has 0 aliphatic carbocycles. The van der Waals surface area contributed by atoms with E-state index in [1.165, 1.54) is 186 Å². The van der Waals surface area contributed by atoms with Crippen molar-refractivity contribution in [1.82, 2.24) is 0 Å². The number of hydrogen-bond acceptors (Lipinski definition) is 6. The van der Waals surface area contributed by atoms with Crippen LogP contribution in [0.3, 0.4) is 0 Å². The van der Waals surface area contributed by atoms with E-state index in [9.17, 15) is 14.4 Å². The molecule has 0 bridgehead atoms. The van der Waals surface area contributed by atoms with Crippen LogP contribution < -0.4 is 0 Å². The molecule has 6 nitrogen and oxygen atoms in total. The van der Waals surface area contributed by atoms with E-state index < -0.39 is 6.10 Å². The predicted molar refractivity (Wildman–Crippen MR) is 284 cm³/mol. The van der Waals surface area contributed by atoms with Gasteiger partial charge in [0.1, 0.15) is 13.2 Å². The largest absolute Gasteiger partial charge is 0.462 e. The molecule has 1 unspecified atom stereocenters. The Labute approximate surface area is 410 Å². The molecule has 6 heteroatoms. The van der Waals surface area contributed by atoms with Gasteiger partial charge in [-0.05, 0) is 70.6 Å². The summed E-state index contributed by atoms with van der Waals surface area (Å²) in [6.07, 6.45) is 65.7. The Morgan fingerprint density at radius 2 is 0.576 bits per heavy atom. The van der Waals surface area contributed by atoms with Crippen molar-refractivity contribution >= 4 is 17.9 Å². The van der Waals surface area contributed by atoms with Crippen LogP contribution in [0.15, 0.2) is 36.5 Å². The molecular weight excluding hydrogens is 817 g/mol. The number of unbranched alkanes of at least 4 members (excludes halogenated alkanes) is 36. The molecule has 0 aromatic rings. The molecule has 66 heavy (non-hydrogen) atoms. The maximum Gasteiger partial charge on any atom is 0.306 e. The monoisotopic (exact) mass is 927 g/mol. The summed E-state index contributed by atoms with van der Waals surface area (Å²) in [5.74, 6) is -0.878. The molecule has 1 atom stereocenters. The first-order valence-corrected chi connectivity index (χ1v) is 29.0. The van der Waals surface area contributed by atoms with Crippen molar-refractivity contribution in [3.05, 3.63) is 36.5 Å². The number of carbonyl (C=O) groups excluding carboxylic acids is 3. The summed E-state index contributed by atoms with van der Waals surface area (Å²) >= 11 is 0. The van der Waals surface area contributed by atoms with Crippen molar-refractivity contribution in [3.63, 3.8) is 0 Å². The third kappa shape index (κ3) is 52.6. The average Bonchev–Trinajstić information content (AvgIpc) is 3.31. The van der Waals surface area contributed by atoms with Gasteiger partial charge in [0, 0.05) is 19.3 Å². The van der Waals surface area contributed by atoms with Crippen molar-refractivity contribution in [2.24, 2.45) is 0 Å². The number of ether oxygens (including phenoxy) is 3. The standard InChI is InChI=1S/C60H110O6/c1-4-7-10-13-16-19-22-24-26-28-30-31-33-34-36-38-41-44-47-50-53-59(62)65-56-57(55-64-58(61)52-49-46-43-40-21-18-15-12-9-6-3)66-60(63)54-51-48-45-42-39-37-35-32-29-27-25-23-20-17-14-11-8-5-2/h12,15,20,23,27,29,57H,4-11,13-14,16-19,21-22,24-26,28,30-56H2,1-3H3/b15-12-,23-20-,29-27-. The van der Waals surface area contributed by atoms with Crippen LogP contribution in [-0.4, -0.2) is 37.2 Å². The van der Waals surface area contributed by atoms with Crippen molar-refractivity contribution in [3.8, 4) is 0 Å². The normalized spacial score (nSPS) is 12.2. The highest BCUT2D eigenvalue weighted by Gasteiger charge is 2.19. The minimum absolute atomic E-state index is 0.0746. The van der Waals surface area contributed by atoms with E-state index in [4.69, 9.17) is 14.2 Å². The van der Waals surface area contributed by atoms with Crippen LogP contribution in [0.4, 0.5) is 0 Å². The van der Waals surface area contributed by atoms with Gasteiger partial charge in [-0.3, -0.25) is 14.4 Å².